The second-order valence-electron chi connectivity index (χ2n) is 5.18. The van der Waals surface area contributed by atoms with Crippen LogP contribution in [0.15, 0.2) is 24.3 Å². The minimum atomic E-state index is -0.493. The van der Waals surface area contributed by atoms with Crippen molar-refractivity contribution in [3.63, 3.8) is 0 Å². The molecule has 0 aromatic heterocycles. The van der Waals surface area contributed by atoms with E-state index < -0.39 is 6.04 Å². The molecule has 3 heteroatoms. The number of nitrogens with one attached hydrogen (secondary N) is 1. The van der Waals surface area contributed by atoms with Crippen molar-refractivity contribution in [1.29, 1.82) is 0 Å². The number of hydrogen-bond acceptors (Lipinski definition) is 2. The minimum absolute atomic E-state index is 0.139. The van der Waals surface area contributed by atoms with Crippen LogP contribution in [-0.2, 0) is 11.2 Å². The highest BCUT2D eigenvalue weighted by atomic mass is 16.2. The molecule has 0 aliphatic carbocycles. The summed E-state index contributed by atoms with van der Waals surface area (Å²) in [4.78, 5) is 11.6. The Morgan fingerprint density at radius 2 is 2.00 bits per heavy atom. The Balaban J connectivity index is 2.70. The standard InChI is InChI=1S/C15H20N2O/c1-5-12-6-8-13(9-7-12)10-15(3,4)17-14(18)11(2)16/h1,6-9,11H,10,16H2,2-4H3,(H,17,18). The van der Waals surface area contributed by atoms with Crippen LogP contribution < -0.4 is 11.1 Å². The first-order chi connectivity index (χ1) is 8.34. The number of carbonyl (C=O) groups excluding carboxylic acids is 1. The van der Waals surface area contributed by atoms with E-state index in [9.17, 15) is 4.79 Å². The average molecular weight is 244 g/mol. The van der Waals surface area contributed by atoms with Crippen molar-refractivity contribution in [2.45, 2.75) is 38.8 Å². The second kappa shape index (κ2) is 5.70. The Bertz CT molecular complexity index is 452. The van der Waals surface area contributed by atoms with Gasteiger partial charge >= 0.3 is 0 Å². The number of rotatable bonds is 4. The van der Waals surface area contributed by atoms with Gasteiger partial charge in [0.25, 0.3) is 0 Å². The molecule has 1 unspecified atom stereocenters. The number of terminal acetylenes is 1. The Hall–Kier alpha value is -1.79. The van der Waals surface area contributed by atoms with E-state index in [4.69, 9.17) is 12.2 Å². The zero-order chi connectivity index (χ0) is 13.8. The van der Waals surface area contributed by atoms with Crippen molar-refractivity contribution < 1.29 is 4.79 Å². The quantitative estimate of drug-likeness (QED) is 0.788. The van der Waals surface area contributed by atoms with Gasteiger partial charge in [0.1, 0.15) is 0 Å². The normalized spacial score (nSPS) is 12.6. The van der Waals surface area contributed by atoms with Gasteiger partial charge in [-0.2, -0.15) is 0 Å². The summed E-state index contributed by atoms with van der Waals surface area (Å²) < 4.78 is 0. The van der Waals surface area contributed by atoms with Crippen LogP contribution in [0.1, 0.15) is 31.9 Å². The van der Waals surface area contributed by atoms with E-state index in [-0.39, 0.29) is 11.4 Å². The van der Waals surface area contributed by atoms with Crippen molar-refractivity contribution in [2.24, 2.45) is 5.73 Å². The molecule has 1 aromatic carbocycles. The molecule has 0 fully saturated rings. The molecule has 96 valence electrons. The number of carbonyl (C=O) groups is 1. The van der Waals surface area contributed by atoms with Gasteiger partial charge in [-0.05, 0) is 44.9 Å². The lowest BCUT2D eigenvalue weighted by Gasteiger charge is -2.27. The third-order valence-corrected chi connectivity index (χ3v) is 2.64. The molecule has 1 atom stereocenters. The molecule has 0 spiro atoms. The van der Waals surface area contributed by atoms with Gasteiger partial charge in [0, 0.05) is 11.1 Å². The van der Waals surface area contributed by atoms with Crippen LogP contribution in [-0.4, -0.2) is 17.5 Å². The number of amides is 1. The third-order valence-electron chi connectivity index (χ3n) is 2.64. The van der Waals surface area contributed by atoms with Crippen molar-refractivity contribution in [3.8, 4) is 12.3 Å². The van der Waals surface area contributed by atoms with Crippen LogP contribution in [0.5, 0.6) is 0 Å². The summed E-state index contributed by atoms with van der Waals surface area (Å²) in [6.07, 6.45) is 6.04. The molecule has 0 bridgehead atoms. The Morgan fingerprint density at radius 1 is 1.44 bits per heavy atom. The monoisotopic (exact) mass is 244 g/mol. The molecule has 1 amide bonds. The fraction of sp³-hybridized carbons (Fsp3) is 0.400. The first-order valence-corrected chi connectivity index (χ1v) is 5.97. The van der Waals surface area contributed by atoms with Gasteiger partial charge in [-0.1, -0.05) is 18.1 Å². The highest BCUT2D eigenvalue weighted by molar-refractivity contribution is 5.81. The summed E-state index contributed by atoms with van der Waals surface area (Å²) in [5, 5.41) is 2.93. The third kappa shape index (κ3) is 4.23. The molecule has 3 N–H and O–H groups in total. The summed E-state index contributed by atoms with van der Waals surface area (Å²) in [5.74, 6) is 2.44. The lowest BCUT2D eigenvalue weighted by atomic mass is 9.94. The second-order valence-corrected chi connectivity index (χ2v) is 5.18. The van der Waals surface area contributed by atoms with E-state index in [1.807, 2.05) is 38.1 Å². The molecular formula is C15H20N2O. The molecule has 0 saturated carbocycles. The van der Waals surface area contributed by atoms with Crippen LogP contribution in [0, 0.1) is 12.3 Å². The van der Waals surface area contributed by atoms with Gasteiger partial charge in [0.2, 0.25) is 5.91 Å². The zero-order valence-electron chi connectivity index (χ0n) is 11.2. The molecule has 3 nitrogen and oxygen atoms in total. The van der Waals surface area contributed by atoms with E-state index in [1.54, 1.807) is 6.92 Å². The largest absolute Gasteiger partial charge is 0.350 e. The van der Waals surface area contributed by atoms with Crippen molar-refractivity contribution in [2.75, 3.05) is 0 Å². The van der Waals surface area contributed by atoms with Crippen LogP contribution in [0.25, 0.3) is 0 Å². The van der Waals surface area contributed by atoms with Gasteiger partial charge in [0.05, 0.1) is 6.04 Å². The molecule has 18 heavy (non-hydrogen) atoms. The smallest absolute Gasteiger partial charge is 0.237 e. The lowest BCUT2D eigenvalue weighted by Crippen LogP contribution is -2.50. The average Bonchev–Trinajstić information content (AvgIpc) is 2.28. The maximum absolute atomic E-state index is 11.6. The molecule has 0 aliphatic heterocycles. The molecule has 0 heterocycles. The Labute approximate surface area is 109 Å². The van der Waals surface area contributed by atoms with Crippen LogP contribution >= 0.6 is 0 Å². The molecular weight excluding hydrogens is 224 g/mol. The predicted octanol–water partition coefficient (Wildman–Crippen LogP) is 1.45. The van der Waals surface area contributed by atoms with Gasteiger partial charge in [-0.3, -0.25) is 4.79 Å². The van der Waals surface area contributed by atoms with Crippen molar-refractivity contribution in [1.82, 2.24) is 5.32 Å². The number of hydrogen-bond donors (Lipinski definition) is 2. The summed E-state index contributed by atoms with van der Waals surface area (Å²) in [5.41, 5.74) is 7.20. The number of nitrogens with two attached hydrogens (primary N) is 1. The van der Waals surface area contributed by atoms with Crippen LogP contribution in [0.4, 0.5) is 0 Å². The van der Waals surface area contributed by atoms with Gasteiger partial charge in [0.15, 0.2) is 0 Å². The Morgan fingerprint density at radius 3 is 2.44 bits per heavy atom. The molecule has 0 aliphatic rings. The zero-order valence-corrected chi connectivity index (χ0v) is 11.2. The van der Waals surface area contributed by atoms with Crippen LogP contribution in [0.3, 0.4) is 0 Å². The Kier molecular flexibility index (Phi) is 4.52. The van der Waals surface area contributed by atoms with E-state index in [0.29, 0.717) is 0 Å². The molecule has 0 saturated heterocycles. The maximum Gasteiger partial charge on any atom is 0.237 e. The van der Waals surface area contributed by atoms with Crippen molar-refractivity contribution in [3.05, 3.63) is 35.4 Å². The van der Waals surface area contributed by atoms with Gasteiger partial charge < -0.3 is 11.1 Å². The highest BCUT2D eigenvalue weighted by Gasteiger charge is 2.22. The first kappa shape index (κ1) is 14.3. The fourth-order valence-corrected chi connectivity index (χ4v) is 1.72. The minimum Gasteiger partial charge on any atom is -0.350 e. The SMILES string of the molecule is C#Cc1ccc(CC(C)(C)NC(=O)C(C)N)cc1. The summed E-state index contributed by atoms with van der Waals surface area (Å²) in [7, 11) is 0. The summed E-state index contributed by atoms with van der Waals surface area (Å²) in [6.45, 7) is 5.62. The number of benzene rings is 1. The van der Waals surface area contributed by atoms with Crippen LogP contribution in [0.2, 0.25) is 0 Å². The van der Waals surface area contributed by atoms with Gasteiger partial charge in [-0.25, -0.2) is 0 Å². The van der Waals surface area contributed by atoms with E-state index >= 15 is 0 Å². The summed E-state index contributed by atoms with van der Waals surface area (Å²) >= 11 is 0. The lowest BCUT2D eigenvalue weighted by molar-refractivity contribution is -0.123. The first-order valence-electron chi connectivity index (χ1n) is 5.97. The molecule has 0 radical (unpaired) electrons. The van der Waals surface area contributed by atoms with E-state index in [1.165, 1.54) is 0 Å². The maximum atomic E-state index is 11.6. The predicted molar refractivity (Wildman–Crippen MR) is 74.0 cm³/mol. The highest BCUT2D eigenvalue weighted by Crippen LogP contribution is 2.13. The van der Waals surface area contributed by atoms with Gasteiger partial charge in [-0.15, -0.1) is 6.42 Å². The molecule has 1 aromatic rings. The summed E-state index contributed by atoms with van der Waals surface area (Å²) in [6, 6.07) is 7.27. The van der Waals surface area contributed by atoms with Crippen molar-refractivity contribution >= 4 is 5.91 Å². The molecule has 1 rings (SSSR count). The fourth-order valence-electron chi connectivity index (χ4n) is 1.72. The van der Waals surface area contributed by atoms with E-state index in [0.717, 1.165) is 17.5 Å². The topological polar surface area (TPSA) is 55.1 Å². The van der Waals surface area contributed by atoms with E-state index in [2.05, 4.69) is 11.2 Å².